The van der Waals surface area contributed by atoms with Crippen molar-refractivity contribution >= 4 is 46.3 Å². The van der Waals surface area contributed by atoms with Gasteiger partial charge in [0, 0.05) is 0 Å². The van der Waals surface area contributed by atoms with E-state index in [0.717, 1.165) is 0 Å². The van der Waals surface area contributed by atoms with E-state index in [2.05, 4.69) is 15.5 Å². The van der Waals surface area contributed by atoms with Gasteiger partial charge in [0.05, 0.1) is 42.2 Å². The summed E-state index contributed by atoms with van der Waals surface area (Å²) in [4.78, 5) is 25.3. The third kappa shape index (κ3) is 7.22. The molecule has 0 radical (unpaired) electrons. The average molecular weight is 526 g/mol. The van der Waals surface area contributed by atoms with Crippen LogP contribution in [0.25, 0.3) is 0 Å². The predicted octanol–water partition coefficient (Wildman–Crippen LogP) is 6.27. The number of hydrogen-bond acceptors (Lipinski definition) is 8. The van der Waals surface area contributed by atoms with E-state index in [0.29, 0.717) is 48.0 Å². The number of hydrogen-bond donors (Lipinski definition) is 1. The minimum absolute atomic E-state index is 0.257. The molecule has 0 aliphatic rings. The van der Waals surface area contributed by atoms with Crippen LogP contribution in [-0.2, 0) is 9.59 Å². The Labute approximate surface area is 214 Å². The maximum Gasteiger partial charge on any atom is 0.258 e. The Kier molecular flexibility index (Phi) is 11.1. The molecule has 0 spiro atoms. The largest absolute Gasteiger partial charge is 0.488 e. The van der Waals surface area contributed by atoms with E-state index < -0.39 is 17.7 Å². The van der Waals surface area contributed by atoms with Crippen LogP contribution in [0.5, 0.6) is 23.0 Å². The molecule has 0 heterocycles. The molecule has 0 fully saturated rings. The molecule has 0 saturated heterocycles. The summed E-state index contributed by atoms with van der Waals surface area (Å²) in [5.41, 5.74) is 0.546. The molecule has 0 bridgehead atoms. The van der Waals surface area contributed by atoms with Crippen molar-refractivity contribution in [2.24, 2.45) is 10.2 Å². The first-order chi connectivity index (χ1) is 16.8. The van der Waals surface area contributed by atoms with Crippen LogP contribution < -0.4 is 24.3 Å². The molecule has 0 saturated carbocycles. The van der Waals surface area contributed by atoms with Crippen LogP contribution in [0.4, 0.5) is 11.4 Å². The first-order valence-electron chi connectivity index (χ1n) is 11.2. The number of Topliss-reactive ketones (excluding diaryl/α,β-unsaturated/α-hetero) is 1. The molecular weight excluding hydrogens is 497 g/mol. The molecule has 1 atom stereocenters. The number of carbonyl (C=O) groups excluding carboxylic acids is 2. The van der Waals surface area contributed by atoms with Gasteiger partial charge in [-0.3, -0.25) is 9.59 Å². The highest BCUT2D eigenvalue weighted by Crippen LogP contribution is 2.43. The van der Waals surface area contributed by atoms with Crippen molar-refractivity contribution in [3.63, 3.8) is 0 Å². The number of azo groups is 1. The zero-order valence-electron chi connectivity index (χ0n) is 20.3. The van der Waals surface area contributed by atoms with Crippen LogP contribution in [0, 0.1) is 0 Å². The van der Waals surface area contributed by atoms with Gasteiger partial charge >= 0.3 is 0 Å². The molecule has 2 rings (SSSR count). The molecule has 190 valence electrons. The predicted molar refractivity (Wildman–Crippen MR) is 135 cm³/mol. The van der Waals surface area contributed by atoms with Crippen LogP contribution in [0.1, 0.15) is 34.6 Å². The summed E-state index contributed by atoms with van der Waals surface area (Å²) in [6.45, 7) is 9.75. The van der Waals surface area contributed by atoms with E-state index in [4.69, 9.17) is 42.1 Å². The van der Waals surface area contributed by atoms with E-state index in [1.165, 1.54) is 6.92 Å². The SMILES string of the molecule is CCOc1c(Cl)ccc(N=NC(C(C)=O)C(=O)Nc2ccc(Cl)c(OCC)c2OCC)c1OCC. The highest BCUT2D eigenvalue weighted by atomic mass is 35.5. The van der Waals surface area contributed by atoms with Gasteiger partial charge < -0.3 is 24.3 Å². The lowest BCUT2D eigenvalue weighted by Gasteiger charge is -2.18. The number of benzene rings is 2. The molecule has 35 heavy (non-hydrogen) atoms. The summed E-state index contributed by atoms with van der Waals surface area (Å²) in [7, 11) is 0. The second-order valence-electron chi connectivity index (χ2n) is 6.93. The lowest BCUT2D eigenvalue weighted by Crippen LogP contribution is -2.32. The number of nitrogens with one attached hydrogen (secondary N) is 1. The maximum absolute atomic E-state index is 13.0. The van der Waals surface area contributed by atoms with Gasteiger partial charge in [-0.2, -0.15) is 10.2 Å². The first kappa shape index (κ1) is 28.2. The molecule has 0 aliphatic heterocycles. The summed E-state index contributed by atoms with van der Waals surface area (Å²) < 4.78 is 22.5. The summed E-state index contributed by atoms with van der Waals surface area (Å²) in [5.74, 6) is -0.0923. The monoisotopic (exact) mass is 525 g/mol. The molecule has 2 aromatic carbocycles. The van der Waals surface area contributed by atoms with Crippen LogP contribution in [-0.4, -0.2) is 44.2 Å². The number of ether oxygens (including phenoxy) is 4. The second-order valence-corrected chi connectivity index (χ2v) is 7.74. The van der Waals surface area contributed by atoms with Gasteiger partial charge in [0.15, 0.2) is 28.8 Å². The van der Waals surface area contributed by atoms with Gasteiger partial charge in [0.1, 0.15) is 5.69 Å². The average Bonchev–Trinajstić information content (AvgIpc) is 2.81. The maximum atomic E-state index is 13.0. The number of anilines is 1. The Bertz CT molecular complexity index is 1080. The van der Waals surface area contributed by atoms with E-state index in [9.17, 15) is 9.59 Å². The van der Waals surface area contributed by atoms with Gasteiger partial charge in [-0.25, -0.2) is 0 Å². The molecule has 9 nitrogen and oxygen atoms in total. The second kappa shape index (κ2) is 13.7. The molecule has 0 aromatic heterocycles. The molecule has 1 amide bonds. The number of carbonyl (C=O) groups is 2. The number of amides is 1. The van der Waals surface area contributed by atoms with Crippen LogP contribution in [0.3, 0.4) is 0 Å². The van der Waals surface area contributed by atoms with Gasteiger partial charge in [-0.05, 0) is 58.9 Å². The Morgan fingerprint density at radius 1 is 0.800 bits per heavy atom. The number of ketones is 1. The van der Waals surface area contributed by atoms with E-state index in [-0.39, 0.29) is 22.9 Å². The minimum Gasteiger partial charge on any atom is -0.488 e. The fraction of sp³-hybridized carbons (Fsp3) is 0.417. The zero-order chi connectivity index (χ0) is 26.0. The van der Waals surface area contributed by atoms with Crippen molar-refractivity contribution in [2.75, 3.05) is 31.7 Å². The molecular formula is C24H29Cl2N3O6. The Morgan fingerprint density at radius 2 is 1.29 bits per heavy atom. The van der Waals surface area contributed by atoms with Crippen LogP contribution >= 0.6 is 23.2 Å². The summed E-state index contributed by atoms with van der Waals surface area (Å²) in [6.07, 6.45) is 0. The van der Waals surface area contributed by atoms with Crippen LogP contribution in [0.2, 0.25) is 10.0 Å². The normalized spacial score (nSPS) is 11.7. The molecule has 2 aromatic rings. The van der Waals surface area contributed by atoms with Crippen molar-refractivity contribution in [2.45, 2.75) is 40.7 Å². The van der Waals surface area contributed by atoms with E-state index in [1.54, 1.807) is 52.0 Å². The van der Waals surface area contributed by atoms with Crippen molar-refractivity contribution in [3.05, 3.63) is 34.3 Å². The van der Waals surface area contributed by atoms with Gasteiger partial charge in [0.2, 0.25) is 6.04 Å². The number of halogens is 2. The van der Waals surface area contributed by atoms with E-state index in [1.807, 2.05) is 0 Å². The van der Waals surface area contributed by atoms with Gasteiger partial charge in [-0.1, -0.05) is 23.2 Å². The standard InChI is InChI=1S/C24H29Cl2N3O6/c1-6-32-20-15(25)10-12-17(22(20)34-8-3)27-24(31)19(14(5)30)29-28-18-13-11-16(26)21(33-7-2)23(18)35-9-4/h10-13,19H,6-9H2,1-5H3,(H,27,31). The van der Waals surface area contributed by atoms with Crippen LogP contribution in [0.15, 0.2) is 34.5 Å². The minimum atomic E-state index is -1.43. The number of nitrogens with zero attached hydrogens (tertiary/aromatic N) is 2. The Balaban J connectivity index is 2.40. The molecule has 11 heteroatoms. The molecule has 0 aliphatic carbocycles. The van der Waals surface area contributed by atoms with Crippen molar-refractivity contribution in [3.8, 4) is 23.0 Å². The van der Waals surface area contributed by atoms with E-state index >= 15 is 0 Å². The Morgan fingerprint density at radius 3 is 1.83 bits per heavy atom. The quantitative estimate of drug-likeness (QED) is 0.244. The molecule has 1 unspecified atom stereocenters. The fourth-order valence-electron chi connectivity index (χ4n) is 3.01. The van der Waals surface area contributed by atoms with Crippen molar-refractivity contribution in [1.82, 2.24) is 0 Å². The van der Waals surface area contributed by atoms with Gasteiger partial charge in [-0.15, -0.1) is 0 Å². The summed E-state index contributed by atoms with van der Waals surface area (Å²) >= 11 is 12.5. The molecule has 1 N–H and O–H groups in total. The van der Waals surface area contributed by atoms with Crippen molar-refractivity contribution < 1.29 is 28.5 Å². The highest BCUT2D eigenvalue weighted by molar-refractivity contribution is 6.33. The van der Waals surface area contributed by atoms with Crippen molar-refractivity contribution in [1.29, 1.82) is 0 Å². The fourth-order valence-corrected chi connectivity index (χ4v) is 3.42. The highest BCUT2D eigenvalue weighted by Gasteiger charge is 2.26. The topological polar surface area (TPSA) is 108 Å². The smallest absolute Gasteiger partial charge is 0.258 e. The summed E-state index contributed by atoms with van der Waals surface area (Å²) in [6, 6.07) is 4.82. The van der Waals surface area contributed by atoms with Gasteiger partial charge in [0.25, 0.3) is 5.91 Å². The zero-order valence-corrected chi connectivity index (χ0v) is 21.8. The third-order valence-corrected chi connectivity index (χ3v) is 5.03. The first-order valence-corrected chi connectivity index (χ1v) is 11.9. The Hall–Kier alpha value is -3.04. The third-order valence-electron chi connectivity index (χ3n) is 4.43. The lowest BCUT2D eigenvalue weighted by molar-refractivity contribution is -0.126. The number of rotatable bonds is 13. The summed E-state index contributed by atoms with van der Waals surface area (Å²) in [5, 5.41) is 11.4. The lowest BCUT2D eigenvalue weighted by atomic mass is 10.2.